The fourth-order valence-corrected chi connectivity index (χ4v) is 2.70. The second-order valence-electron chi connectivity index (χ2n) is 5.80. The highest BCUT2D eigenvalue weighted by Crippen LogP contribution is 2.40. The highest BCUT2D eigenvalue weighted by molar-refractivity contribution is 5.79. The Morgan fingerprint density at radius 1 is 1.25 bits per heavy atom. The zero-order chi connectivity index (χ0) is 12.6. The quantitative estimate of drug-likeness (QED) is 0.710. The summed E-state index contributed by atoms with van der Waals surface area (Å²) in [6.45, 7) is 7.87. The first kappa shape index (κ1) is 13.2. The summed E-state index contributed by atoms with van der Waals surface area (Å²) in [5.41, 5.74) is -0.648. The fourth-order valence-electron chi connectivity index (χ4n) is 2.70. The van der Waals surface area contributed by atoms with Crippen LogP contribution in [0.25, 0.3) is 0 Å². The van der Waals surface area contributed by atoms with Crippen molar-refractivity contribution in [3.8, 4) is 0 Å². The monoisotopic (exact) mass is 227 g/mol. The SMILES string of the molecule is CC1(C)CC(C=CC(=O)O)CC(C)(C)N1O. The van der Waals surface area contributed by atoms with Gasteiger partial charge in [0.25, 0.3) is 0 Å². The van der Waals surface area contributed by atoms with Gasteiger partial charge in [-0.2, -0.15) is 5.06 Å². The molecule has 1 aliphatic rings. The van der Waals surface area contributed by atoms with Crippen molar-refractivity contribution in [1.29, 1.82) is 0 Å². The molecule has 1 heterocycles. The van der Waals surface area contributed by atoms with Crippen molar-refractivity contribution in [3.63, 3.8) is 0 Å². The predicted molar refractivity (Wildman–Crippen MR) is 61.3 cm³/mol. The third kappa shape index (κ3) is 2.83. The van der Waals surface area contributed by atoms with Gasteiger partial charge in [-0.05, 0) is 46.5 Å². The van der Waals surface area contributed by atoms with Gasteiger partial charge >= 0.3 is 5.97 Å². The average Bonchev–Trinajstić information content (AvgIpc) is 2.10. The number of hydrogen-bond acceptors (Lipinski definition) is 3. The topological polar surface area (TPSA) is 60.8 Å². The van der Waals surface area contributed by atoms with Gasteiger partial charge in [-0.25, -0.2) is 4.79 Å². The zero-order valence-corrected chi connectivity index (χ0v) is 10.4. The second kappa shape index (κ2) is 4.18. The molecule has 0 atom stereocenters. The number of hydrogen-bond donors (Lipinski definition) is 2. The maximum atomic E-state index is 10.5. The van der Waals surface area contributed by atoms with E-state index in [1.54, 1.807) is 6.08 Å². The number of allylic oxidation sites excluding steroid dienone is 1. The summed E-state index contributed by atoms with van der Waals surface area (Å²) in [4.78, 5) is 10.5. The van der Waals surface area contributed by atoms with Gasteiger partial charge in [0, 0.05) is 17.2 Å². The first-order valence-corrected chi connectivity index (χ1v) is 5.55. The van der Waals surface area contributed by atoms with Gasteiger partial charge in [0.2, 0.25) is 0 Å². The normalized spacial score (nSPS) is 26.1. The standard InChI is InChI=1S/C12H21NO3/c1-11(2)7-9(5-6-10(14)15)8-12(3,4)13(11)16/h5-6,9,16H,7-8H2,1-4H3,(H,14,15). The van der Waals surface area contributed by atoms with Gasteiger partial charge in [-0.3, -0.25) is 0 Å². The minimum Gasteiger partial charge on any atom is -0.478 e. The van der Waals surface area contributed by atoms with Crippen LogP contribution in [0.5, 0.6) is 0 Å². The van der Waals surface area contributed by atoms with Crippen LogP contribution in [-0.2, 0) is 4.79 Å². The van der Waals surface area contributed by atoms with Crippen LogP contribution >= 0.6 is 0 Å². The Labute approximate surface area is 96.5 Å². The largest absolute Gasteiger partial charge is 0.478 e. The molecule has 0 unspecified atom stereocenters. The van der Waals surface area contributed by atoms with Gasteiger partial charge in [0.05, 0.1) is 0 Å². The van der Waals surface area contributed by atoms with Gasteiger partial charge in [-0.15, -0.1) is 0 Å². The summed E-state index contributed by atoms with van der Waals surface area (Å²) < 4.78 is 0. The maximum Gasteiger partial charge on any atom is 0.327 e. The molecule has 0 aromatic carbocycles. The molecule has 0 spiro atoms. The lowest BCUT2D eigenvalue weighted by molar-refractivity contribution is -0.247. The van der Waals surface area contributed by atoms with Crippen LogP contribution in [0.1, 0.15) is 40.5 Å². The lowest BCUT2D eigenvalue weighted by atomic mass is 9.75. The second-order valence-corrected chi connectivity index (χ2v) is 5.80. The number of carboxylic acids is 1. The van der Waals surface area contributed by atoms with E-state index < -0.39 is 5.97 Å². The molecule has 0 aromatic heterocycles. The summed E-state index contributed by atoms with van der Waals surface area (Å²) in [7, 11) is 0. The highest BCUT2D eigenvalue weighted by Gasteiger charge is 2.44. The number of piperidine rings is 1. The molecule has 1 aliphatic heterocycles. The Bertz CT molecular complexity index is 289. The maximum absolute atomic E-state index is 10.5. The molecule has 4 nitrogen and oxygen atoms in total. The van der Waals surface area contributed by atoms with Gasteiger partial charge in [0.15, 0.2) is 0 Å². The van der Waals surface area contributed by atoms with Gasteiger partial charge < -0.3 is 10.3 Å². The van der Waals surface area contributed by atoms with Crippen molar-refractivity contribution in [3.05, 3.63) is 12.2 Å². The molecule has 1 saturated heterocycles. The van der Waals surface area contributed by atoms with Crippen LogP contribution in [0.4, 0.5) is 0 Å². The number of hydroxylamine groups is 2. The van der Waals surface area contributed by atoms with Crippen molar-refractivity contribution in [2.45, 2.75) is 51.6 Å². The van der Waals surface area contributed by atoms with Crippen LogP contribution in [0, 0.1) is 5.92 Å². The van der Waals surface area contributed by atoms with Gasteiger partial charge in [0.1, 0.15) is 0 Å². The van der Waals surface area contributed by atoms with E-state index in [0.717, 1.165) is 12.8 Å². The lowest BCUT2D eigenvalue weighted by Crippen LogP contribution is -2.58. The Morgan fingerprint density at radius 2 is 1.69 bits per heavy atom. The van der Waals surface area contributed by atoms with Crippen molar-refractivity contribution in [2.75, 3.05) is 0 Å². The third-order valence-corrected chi connectivity index (χ3v) is 3.18. The van der Waals surface area contributed by atoms with Crippen LogP contribution in [0.3, 0.4) is 0 Å². The van der Waals surface area contributed by atoms with E-state index >= 15 is 0 Å². The predicted octanol–water partition coefficient (Wildman–Crippen LogP) is 2.29. The minimum absolute atomic E-state index is 0.199. The molecule has 1 fully saturated rings. The van der Waals surface area contributed by atoms with Gasteiger partial charge in [-0.1, -0.05) is 6.08 Å². The molecule has 16 heavy (non-hydrogen) atoms. The number of rotatable bonds is 2. The van der Waals surface area contributed by atoms with E-state index in [9.17, 15) is 10.0 Å². The molecule has 92 valence electrons. The molecule has 0 bridgehead atoms. The minimum atomic E-state index is -0.915. The zero-order valence-electron chi connectivity index (χ0n) is 10.4. The number of aliphatic carboxylic acids is 1. The molecule has 0 radical (unpaired) electrons. The van der Waals surface area contributed by atoms with Crippen molar-refractivity contribution in [1.82, 2.24) is 5.06 Å². The molecular formula is C12H21NO3. The van der Waals surface area contributed by atoms with Crippen LogP contribution in [-0.4, -0.2) is 32.4 Å². The molecule has 4 heteroatoms. The average molecular weight is 227 g/mol. The van der Waals surface area contributed by atoms with Crippen LogP contribution < -0.4 is 0 Å². The third-order valence-electron chi connectivity index (χ3n) is 3.18. The number of nitrogens with zero attached hydrogens (tertiary/aromatic N) is 1. The molecule has 2 N–H and O–H groups in total. The summed E-state index contributed by atoms with van der Waals surface area (Å²) >= 11 is 0. The van der Waals surface area contributed by atoms with E-state index in [1.165, 1.54) is 11.1 Å². The van der Waals surface area contributed by atoms with E-state index in [-0.39, 0.29) is 17.0 Å². The first-order valence-electron chi connectivity index (χ1n) is 5.55. The summed E-state index contributed by atoms with van der Waals surface area (Å²) in [6, 6.07) is 0. The molecular weight excluding hydrogens is 206 g/mol. The van der Waals surface area contributed by atoms with Crippen molar-refractivity contribution < 1.29 is 15.1 Å². The Kier molecular flexibility index (Phi) is 3.45. The Balaban J connectivity index is 2.83. The smallest absolute Gasteiger partial charge is 0.327 e. The highest BCUT2D eigenvalue weighted by atomic mass is 16.5. The summed E-state index contributed by atoms with van der Waals surface area (Å²) in [5.74, 6) is -0.716. The Hall–Kier alpha value is -0.870. The summed E-state index contributed by atoms with van der Waals surface area (Å²) in [6.07, 6.45) is 4.45. The van der Waals surface area contributed by atoms with Crippen molar-refractivity contribution >= 4 is 5.97 Å². The molecule has 1 rings (SSSR count). The lowest BCUT2D eigenvalue weighted by Gasteiger charge is -2.51. The molecule has 0 aliphatic carbocycles. The first-order chi connectivity index (χ1) is 7.15. The van der Waals surface area contributed by atoms with E-state index in [4.69, 9.17) is 5.11 Å². The van der Waals surface area contributed by atoms with E-state index in [1.807, 2.05) is 27.7 Å². The van der Waals surface area contributed by atoms with Crippen LogP contribution in [0.15, 0.2) is 12.2 Å². The molecule has 0 saturated carbocycles. The van der Waals surface area contributed by atoms with Crippen LogP contribution in [0.2, 0.25) is 0 Å². The molecule has 0 aromatic rings. The van der Waals surface area contributed by atoms with Crippen molar-refractivity contribution in [2.24, 2.45) is 5.92 Å². The molecule has 0 amide bonds. The van der Waals surface area contributed by atoms with E-state index in [2.05, 4.69) is 0 Å². The number of carboxylic acid groups (broad SMARTS) is 1. The fraction of sp³-hybridized carbons (Fsp3) is 0.750. The Morgan fingerprint density at radius 3 is 2.06 bits per heavy atom. The number of carbonyl (C=O) groups is 1. The summed E-state index contributed by atoms with van der Waals surface area (Å²) in [5, 5.41) is 20.1. The van der Waals surface area contributed by atoms with E-state index in [0.29, 0.717) is 0 Å².